The van der Waals surface area contributed by atoms with Crippen LogP contribution in [-0.2, 0) is 0 Å². The van der Waals surface area contributed by atoms with Gasteiger partial charge in [-0.1, -0.05) is 47.0 Å². The summed E-state index contributed by atoms with van der Waals surface area (Å²) >= 11 is 22.8. The van der Waals surface area contributed by atoms with E-state index in [-0.39, 0.29) is 0 Å². The Morgan fingerprint density at radius 2 is 1.70 bits per heavy atom. The smallest absolute Gasteiger partial charge is 0.147 e. The van der Waals surface area contributed by atoms with E-state index >= 15 is 0 Å². The van der Waals surface area contributed by atoms with Crippen LogP contribution in [-0.4, -0.2) is 4.99 Å². The van der Waals surface area contributed by atoms with Crippen LogP contribution in [0.4, 0.5) is 0 Å². The first-order chi connectivity index (χ1) is 9.38. The summed E-state index contributed by atoms with van der Waals surface area (Å²) in [6, 6.07) is 8.51. The lowest BCUT2D eigenvalue weighted by Gasteiger charge is -2.11. The zero-order valence-corrected chi connectivity index (χ0v) is 13.5. The van der Waals surface area contributed by atoms with Crippen molar-refractivity contribution in [2.75, 3.05) is 0 Å². The standard InChI is InChI=1S/C14H10Cl3NOS/c1-7-4-8(2-3-9(7)14(18)20)19-13-6-11(16)10(15)5-12(13)17/h2-6H,1H3,(H2,18,20). The zero-order chi connectivity index (χ0) is 14.9. The van der Waals surface area contributed by atoms with E-state index in [9.17, 15) is 0 Å². The largest absolute Gasteiger partial charge is 0.456 e. The van der Waals surface area contributed by atoms with Gasteiger partial charge in [0.15, 0.2) is 0 Å². The van der Waals surface area contributed by atoms with Gasteiger partial charge in [0, 0.05) is 11.6 Å². The Morgan fingerprint density at radius 3 is 2.30 bits per heavy atom. The second-order valence-electron chi connectivity index (χ2n) is 4.14. The Kier molecular flexibility index (Phi) is 4.76. The van der Waals surface area contributed by atoms with E-state index in [1.807, 2.05) is 13.0 Å². The topological polar surface area (TPSA) is 35.2 Å². The molecule has 2 rings (SSSR count). The summed E-state index contributed by atoms with van der Waals surface area (Å²) in [6.45, 7) is 1.90. The molecule has 0 atom stereocenters. The van der Waals surface area contributed by atoms with Crippen molar-refractivity contribution in [3.63, 3.8) is 0 Å². The molecule has 0 saturated carbocycles. The number of aryl methyl sites for hydroxylation is 1. The molecule has 0 amide bonds. The fourth-order valence-electron chi connectivity index (χ4n) is 1.69. The molecule has 2 aromatic rings. The Morgan fingerprint density at radius 1 is 1.05 bits per heavy atom. The van der Waals surface area contributed by atoms with Gasteiger partial charge < -0.3 is 10.5 Å². The maximum Gasteiger partial charge on any atom is 0.147 e. The fourth-order valence-corrected chi connectivity index (χ4v) is 2.49. The van der Waals surface area contributed by atoms with E-state index < -0.39 is 0 Å². The van der Waals surface area contributed by atoms with Gasteiger partial charge in [-0.25, -0.2) is 0 Å². The van der Waals surface area contributed by atoms with Crippen molar-refractivity contribution in [1.82, 2.24) is 0 Å². The Labute approximate surface area is 137 Å². The summed E-state index contributed by atoms with van der Waals surface area (Å²) in [4.78, 5) is 0.349. The first-order valence-electron chi connectivity index (χ1n) is 5.61. The Bertz CT molecular complexity index is 688. The van der Waals surface area contributed by atoms with Crippen molar-refractivity contribution in [2.24, 2.45) is 5.73 Å². The molecule has 0 saturated heterocycles. The minimum Gasteiger partial charge on any atom is -0.456 e. The lowest BCUT2D eigenvalue weighted by Crippen LogP contribution is -2.10. The van der Waals surface area contributed by atoms with Gasteiger partial charge in [-0.05, 0) is 36.8 Å². The van der Waals surface area contributed by atoms with Crippen LogP contribution in [0.2, 0.25) is 15.1 Å². The summed E-state index contributed by atoms with van der Waals surface area (Å²) in [5, 5.41) is 1.14. The van der Waals surface area contributed by atoms with Crippen LogP contribution in [0.1, 0.15) is 11.1 Å². The third kappa shape index (κ3) is 3.36. The third-order valence-corrected chi connectivity index (χ3v) is 3.90. The van der Waals surface area contributed by atoms with Gasteiger partial charge in [-0.3, -0.25) is 0 Å². The van der Waals surface area contributed by atoms with E-state index in [4.69, 9.17) is 57.5 Å². The van der Waals surface area contributed by atoms with Crippen molar-refractivity contribution in [2.45, 2.75) is 6.92 Å². The SMILES string of the molecule is Cc1cc(Oc2cc(Cl)c(Cl)cc2Cl)ccc1C(N)=S. The van der Waals surface area contributed by atoms with E-state index in [1.165, 1.54) is 6.07 Å². The molecular formula is C14H10Cl3NOS. The summed E-state index contributed by atoms with van der Waals surface area (Å²) in [5.41, 5.74) is 7.35. The van der Waals surface area contributed by atoms with Crippen LogP contribution in [0.3, 0.4) is 0 Å². The van der Waals surface area contributed by atoms with Gasteiger partial charge in [0.2, 0.25) is 0 Å². The van der Waals surface area contributed by atoms with Crippen LogP contribution < -0.4 is 10.5 Å². The molecule has 6 heteroatoms. The van der Waals surface area contributed by atoms with Gasteiger partial charge >= 0.3 is 0 Å². The number of benzene rings is 2. The first-order valence-corrected chi connectivity index (χ1v) is 7.15. The number of rotatable bonds is 3. The quantitative estimate of drug-likeness (QED) is 0.598. The molecule has 2 N–H and O–H groups in total. The second-order valence-corrected chi connectivity index (χ2v) is 5.80. The maximum atomic E-state index is 6.06. The molecule has 0 radical (unpaired) electrons. The van der Waals surface area contributed by atoms with E-state index in [1.54, 1.807) is 18.2 Å². The number of halogens is 3. The Balaban J connectivity index is 2.33. The maximum absolute atomic E-state index is 6.06. The molecule has 0 unspecified atom stereocenters. The van der Waals surface area contributed by atoms with E-state index in [0.29, 0.717) is 31.6 Å². The lowest BCUT2D eigenvalue weighted by atomic mass is 10.1. The predicted octanol–water partition coefficient (Wildman–Crippen LogP) is 5.38. The molecule has 0 spiro atoms. The first kappa shape index (κ1) is 15.4. The average Bonchev–Trinajstić information content (AvgIpc) is 2.35. The highest BCUT2D eigenvalue weighted by atomic mass is 35.5. The molecule has 2 aromatic carbocycles. The van der Waals surface area contributed by atoms with Crippen LogP contribution in [0, 0.1) is 6.92 Å². The van der Waals surface area contributed by atoms with Crippen LogP contribution in [0.25, 0.3) is 0 Å². The summed E-state index contributed by atoms with van der Waals surface area (Å²) in [6.07, 6.45) is 0. The molecule has 0 aromatic heterocycles. The van der Waals surface area contributed by atoms with Crippen LogP contribution in [0.5, 0.6) is 11.5 Å². The molecule has 2 nitrogen and oxygen atoms in total. The number of nitrogens with two attached hydrogens (primary N) is 1. The molecule has 0 aliphatic carbocycles. The highest BCUT2D eigenvalue weighted by Crippen LogP contribution is 2.36. The molecular weight excluding hydrogens is 337 g/mol. The van der Waals surface area contributed by atoms with Gasteiger partial charge in [0.05, 0.1) is 15.1 Å². The summed E-state index contributed by atoms with van der Waals surface area (Å²) in [5.74, 6) is 1.05. The number of hydrogen-bond acceptors (Lipinski definition) is 2. The zero-order valence-electron chi connectivity index (χ0n) is 10.4. The minimum absolute atomic E-state index is 0.349. The molecule has 0 fully saturated rings. The number of thiocarbonyl (C=S) groups is 1. The third-order valence-electron chi connectivity index (χ3n) is 2.67. The average molecular weight is 347 g/mol. The van der Waals surface area contributed by atoms with Crippen molar-refractivity contribution >= 4 is 52.0 Å². The van der Waals surface area contributed by atoms with Gasteiger partial charge in [0.1, 0.15) is 16.5 Å². The molecule has 104 valence electrons. The van der Waals surface area contributed by atoms with Crippen LogP contribution in [0.15, 0.2) is 30.3 Å². The highest BCUT2D eigenvalue weighted by molar-refractivity contribution is 7.80. The minimum atomic E-state index is 0.349. The monoisotopic (exact) mass is 345 g/mol. The number of ether oxygens (including phenoxy) is 1. The van der Waals surface area contributed by atoms with Gasteiger partial charge in [-0.15, -0.1) is 0 Å². The molecule has 0 heterocycles. The fraction of sp³-hybridized carbons (Fsp3) is 0.0714. The normalized spacial score (nSPS) is 10.4. The van der Waals surface area contributed by atoms with Gasteiger partial charge in [0.25, 0.3) is 0 Å². The molecule has 0 aliphatic heterocycles. The number of hydrogen-bond donors (Lipinski definition) is 1. The van der Waals surface area contributed by atoms with Crippen molar-refractivity contribution in [1.29, 1.82) is 0 Å². The highest BCUT2D eigenvalue weighted by Gasteiger charge is 2.09. The van der Waals surface area contributed by atoms with E-state index in [2.05, 4.69) is 0 Å². The molecule has 20 heavy (non-hydrogen) atoms. The van der Waals surface area contributed by atoms with Crippen LogP contribution >= 0.6 is 47.0 Å². The summed E-state index contributed by atoms with van der Waals surface area (Å²) < 4.78 is 5.70. The van der Waals surface area contributed by atoms with E-state index in [0.717, 1.165) is 11.1 Å². The van der Waals surface area contributed by atoms with Crippen molar-refractivity contribution in [3.8, 4) is 11.5 Å². The summed E-state index contributed by atoms with van der Waals surface area (Å²) in [7, 11) is 0. The molecule has 0 bridgehead atoms. The lowest BCUT2D eigenvalue weighted by molar-refractivity contribution is 0.482. The Hall–Kier alpha value is -1.00. The second kappa shape index (κ2) is 6.19. The molecule has 0 aliphatic rings. The van der Waals surface area contributed by atoms with Crippen molar-refractivity contribution < 1.29 is 4.74 Å². The van der Waals surface area contributed by atoms with Gasteiger partial charge in [-0.2, -0.15) is 0 Å². The van der Waals surface area contributed by atoms with Crippen molar-refractivity contribution in [3.05, 3.63) is 56.5 Å². The predicted molar refractivity (Wildman–Crippen MR) is 88.6 cm³/mol.